The molecule has 25 heavy (non-hydrogen) atoms. The summed E-state index contributed by atoms with van der Waals surface area (Å²) in [6.45, 7) is 4.24. The van der Waals surface area contributed by atoms with Crippen molar-refractivity contribution in [2.24, 2.45) is 0 Å². The number of hydrogen-bond donors (Lipinski definition) is 0. The molecule has 0 saturated carbocycles. The average Bonchev–Trinajstić information content (AvgIpc) is 3.13. The maximum atomic E-state index is 13.2. The summed E-state index contributed by atoms with van der Waals surface area (Å²) in [6, 6.07) is 8.13. The van der Waals surface area contributed by atoms with Crippen molar-refractivity contribution in [3.05, 3.63) is 53.9 Å². The molecular weight excluding hydrogens is 352 g/mol. The zero-order valence-electron chi connectivity index (χ0n) is 13.8. The summed E-state index contributed by atoms with van der Waals surface area (Å²) < 4.78 is 0. The van der Waals surface area contributed by atoms with Gasteiger partial charge in [0, 0.05) is 34.0 Å². The molecule has 1 aliphatic heterocycles. The Morgan fingerprint density at radius 1 is 1.20 bits per heavy atom. The minimum atomic E-state index is -0.0708. The summed E-state index contributed by atoms with van der Waals surface area (Å²) in [5.41, 5.74) is 2.09. The highest BCUT2D eigenvalue weighted by Crippen LogP contribution is 2.42. The molecule has 1 aliphatic rings. The number of thioether (sulfide) groups is 1. The Labute approximate surface area is 154 Å². The van der Waals surface area contributed by atoms with Crippen LogP contribution < -0.4 is 4.90 Å². The maximum Gasteiger partial charge on any atom is 0.278 e. The van der Waals surface area contributed by atoms with E-state index in [2.05, 4.69) is 34.9 Å². The molecule has 3 heterocycles. The number of thiazole rings is 1. The van der Waals surface area contributed by atoms with Crippen LogP contribution in [0.2, 0.25) is 0 Å². The van der Waals surface area contributed by atoms with Crippen molar-refractivity contribution in [3.8, 4) is 10.7 Å². The Morgan fingerprint density at radius 2 is 2.04 bits per heavy atom. The number of hydrogen-bond acceptors (Lipinski definition) is 6. The van der Waals surface area contributed by atoms with Crippen molar-refractivity contribution in [1.29, 1.82) is 0 Å². The normalized spacial score (nSPS) is 19.5. The van der Waals surface area contributed by atoms with Gasteiger partial charge in [0.15, 0.2) is 0 Å². The molecule has 0 saturated heterocycles. The van der Waals surface area contributed by atoms with E-state index in [4.69, 9.17) is 0 Å². The molecule has 3 aromatic rings. The number of benzene rings is 1. The Kier molecular flexibility index (Phi) is 4.27. The Bertz CT molecular complexity index is 912. The monoisotopic (exact) mass is 368 g/mol. The minimum absolute atomic E-state index is 0.0708. The third-order valence-electron chi connectivity index (χ3n) is 4.25. The molecule has 0 unspecified atom stereocenters. The average molecular weight is 368 g/mol. The number of fused-ring (bicyclic) bond motifs is 1. The highest BCUT2D eigenvalue weighted by molar-refractivity contribution is 8.00. The largest absolute Gasteiger partial charge is 0.302 e. The van der Waals surface area contributed by atoms with Crippen LogP contribution in [0.3, 0.4) is 0 Å². The van der Waals surface area contributed by atoms with Crippen molar-refractivity contribution in [2.75, 3.05) is 4.90 Å². The van der Waals surface area contributed by atoms with Crippen molar-refractivity contribution >= 4 is 34.7 Å². The quantitative estimate of drug-likeness (QED) is 0.681. The lowest BCUT2D eigenvalue weighted by atomic mass is 10.1. The zero-order chi connectivity index (χ0) is 17.4. The van der Waals surface area contributed by atoms with Gasteiger partial charge in [-0.3, -0.25) is 14.8 Å². The van der Waals surface area contributed by atoms with Crippen LogP contribution >= 0.6 is 23.1 Å². The van der Waals surface area contributed by atoms with Crippen LogP contribution in [0.15, 0.2) is 53.1 Å². The van der Waals surface area contributed by atoms with E-state index in [9.17, 15) is 4.79 Å². The van der Waals surface area contributed by atoms with Crippen molar-refractivity contribution in [3.63, 3.8) is 0 Å². The molecule has 2 atom stereocenters. The van der Waals surface area contributed by atoms with Gasteiger partial charge in [0.05, 0.1) is 11.9 Å². The topological polar surface area (TPSA) is 59.0 Å². The molecule has 4 rings (SSSR count). The fourth-order valence-corrected chi connectivity index (χ4v) is 4.72. The summed E-state index contributed by atoms with van der Waals surface area (Å²) in [5.74, 6) is -0.0708. The molecular formula is C18H16N4OS2. The lowest BCUT2D eigenvalue weighted by molar-refractivity contribution is 0.0973. The highest BCUT2D eigenvalue weighted by Gasteiger charge is 2.34. The molecule has 0 N–H and O–H groups in total. The van der Waals surface area contributed by atoms with Gasteiger partial charge in [-0.05, 0) is 19.1 Å². The lowest BCUT2D eigenvalue weighted by Crippen LogP contribution is -2.46. The van der Waals surface area contributed by atoms with E-state index < -0.39 is 0 Å². The SMILES string of the molecule is C[C@@H]1Sc2ccccc2N(C(=O)c2csc(-c3cnccn3)n2)[C@@H]1C. The summed E-state index contributed by atoms with van der Waals surface area (Å²) >= 11 is 3.22. The van der Waals surface area contributed by atoms with E-state index in [1.54, 1.807) is 24.0 Å². The number of rotatable bonds is 2. The molecule has 0 aliphatic carbocycles. The van der Waals surface area contributed by atoms with Crippen LogP contribution in [0.5, 0.6) is 0 Å². The van der Waals surface area contributed by atoms with Gasteiger partial charge in [0.25, 0.3) is 5.91 Å². The third-order valence-corrected chi connectivity index (χ3v) is 6.48. The number of amides is 1. The highest BCUT2D eigenvalue weighted by atomic mass is 32.2. The van der Waals surface area contributed by atoms with Gasteiger partial charge in [-0.25, -0.2) is 4.98 Å². The Balaban J connectivity index is 1.70. The maximum absolute atomic E-state index is 13.2. The van der Waals surface area contributed by atoms with Gasteiger partial charge >= 0.3 is 0 Å². The van der Waals surface area contributed by atoms with Crippen LogP contribution in [-0.2, 0) is 0 Å². The molecule has 5 nitrogen and oxygen atoms in total. The number of carbonyl (C=O) groups is 1. The minimum Gasteiger partial charge on any atom is -0.302 e. The van der Waals surface area contributed by atoms with Crippen molar-refractivity contribution in [2.45, 2.75) is 30.0 Å². The number of nitrogens with zero attached hydrogens (tertiary/aromatic N) is 4. The van der Waals surface area contributed by atoms with E-state index in [0.717, 1.165) is 10.6 Å². The van der Waals surface area contributed by atoms with Gasteiger partial charge in [-0.2, -0.15) is 0 Å². The number of aromatic nitrogens is 3. The molecule has 2 aromatic heterocycles. The first-order valence-corrected chi connectivity index (χ1v) is 9.72. The number of anilines is 1. The second-order valence-electron chi connectivity index (χ2n) is 5.84. The Morgan fingerprint density at radius 3 is 2.84 bits per heavy atom. The molecule has 1 aromatic carbocycles. The predicted molar refractivity (Wildman–Crippen MR) is 101 cm³/mol. The first-order valence-electron chi connectivity index (χ1n) is 7.96. The van der Waals surface area contributed by atoms with Gasteiger partial charge in [0.2, 0.25) is 0 Å². The second-order valence-corrected chi connectivity index (χ2v) is 8.11. The van der Waals surface area contributed by atoms with Crippen LogP contribution in [0.1, 0.15) is 24.3 Å². The van der Waals surface area contributed by atoms with E-state index in [-0.39, 0.29) is 11.9 Å². The van der Waals surface area contributed by atoms with Crippen LogP contribution in [-0.4, -0.2) is 32.2 Å². The first-order chi connectivity index (χ1) is 12.1. The number of carbonyl (C=O) groups excluding carboxylic acids is 1. The second kappa shape index (κ2) is 6.57. The van der Waals surface area contributed by atoms with E-state index in [0.29, 0.717) is 21.6 Å². The van der Waals surface area contributed by atoms with Crippen LogP contribution in [0.25, 0.3) is 10.7 Å². The smallest absolute Gasteiger partial charge is 0.278 e. The van der Waals surface area contributed by atoms with Crippen molar-refractivity contribution < 1.29 is 4.79 Å². The molecule has 0 bridgehead atoms. The van der Waals surface area contributed by atoms with Crippen LogP contribution in [0, 0.1) is 0 Å². The van der Waals surface area contributed by atoms with E-state index >= 15 is 0 Å². The summed E-state index contributed by atoms with van der Waals surface area (Å²) in [6.07, 6.45) is 4.90. The molecule has 0 radical (unpaired) electrons. The van der Waals surface area contributed by atoms with Gasteiger partial charge in [0.1, 0.15) is 16.4 Å². The fourth-order valence-electron chi connectivity index (χ4n) is 2.80. The Hall–Kier alpha value is -2.25. The van der Waals surface area contributed by atoms with Gasteiger partial charge in [-0.15, -0.1) is 23.1 Å². The first kappa shape index (κ1) is 16.2. The molecule has 7 heteroatoms. The molecule has 126 valence electrons. The molecule has 0 fully saturated rings. The predicted octanol–water partition coefficient (Wildman–Crippen LogP) is 4.13. The van der Waals surface area contributed by atoms with Crippen LogP contribution in [0.4, 0.5) is 5.69 Å². The fraction of sp³-hybridized carbons (Fsp3) is 0.222. The zero-order valence-corrected chi connectivity index (χ0v) is 15.4. The summed E-state index contributed by atoms with van der Waals surface area (Å²) in [4.78, 5) is 29.0. The standard InChI is InChI=1S/C18H16N4OS2/c1-11-12(2)25-16-6-4-3-5-15(16)22(11)18(23)14-10-24-17(21-14)13-9-19-7-8-20-13/h3-12H,1-2H3/t11-,12+/m1/s1. The summed E-state index contributed by atoms with van der Waals surface area (Å²) in [5, 5.41) is 2.82. The third kappa shape index (κ3) is 2.94. The van der Waals surface area contributed by atoms with Gasteiger partial charge < -0.3 is 4.90 Å². The van der Waals surface area contributed by atoms with E-state index in [1.165, 1.54) is 11.3 Å². The van der Waals surface area contributed by atoms with Gasteiger partial charge in [-0.1, -0.05) is 19.1 Å². The van der Waals surface area contributed by atoms with E-state index in [1.807, 2.05) is 34.9 Å². The molecule has 1 amide bonds. The summed E-state index contributed by atoms with van der Waals surface area (Å²) in [7, 11) is 0. The lowest BCUT2D eigenvalue weighted by Gasteiger charge is -2.38. The number of para-hydroxylation sites is 1. The molecule has 0 spiro atoms. The van der Waals surface area contributed by atoms with Crippen molar-refractivity contribution in [1.82, 2.24) is 15.0 Å².